The van der Waals surface area contributed by atoms with Gasteiger partial charge in [0.25, 0.3) is 11.6 Å². The quantitative estimate of drug-likeness (QED) is 0.244. The summed E-state index contributed by atoms with van der Waals surface area (Å²) in [6.07, 6.45) is 1.19. The Morgan fingerprint density at radius 2 is 1.97 bits per heavy atom. The molecule has 10 heteroatoms. The maximum Gasteiger partial charge on any atom is 0.335 e. The predicted molar refractivity (Wildman–Crippen MR) is 111 cm³/mol. The summed E-state index contributed by atoms with van der Waals surface area (Å²) in [5, 5.41) is 32.0. The smallest absolute Gasteiger partial charge is 0.335 e. The lowest BCUT2D eigenvalue weighted by Crippen LogP contribution is -2.13. The molecule has 1 aromatic heterocycles. The van der Waals surface area contributed by atoms with Crippen LogP contribution in [0.4, 0.5) is 11.4 Å². The number of amides is 1. The number of nitrogens with one attached hydrogen (secondary N) is 1. The molecule has 0 fully saturated rings. The van der Waals surface area contributed by atoms with Gasteiger partial charge in [0.1, 0.15) is 23.2 Å². The number of non-ortho nitro benzene ring substituents is 1. The molecule has 3 aromatic rings. The molecule has 0 aliphatic rings. The molecular formula is C21H12ClN3O6. The molecule has 0 bridgehead atoms. The van der Waals surface area contributed by atoms with Crippen LogP contribution < -0.4 is 5.32 Å². The Hall–Kier alpha value is -4.42. The Morgan fingerprint density at radius 3 is 2.65 bits per heavy atom. The molecule has 0 unspecified atom stereocenters. The van der Waals surface area contributed by atoms with Gasteiger partial charge in [0, 0.05) is 29.5 Å². The van der Waals surface area contributed by atoms with E-state index in [1.807, 2.05) is 0 Å². The van der Waals surface area contributed by atoms with Gasteiger partial charge in [-0.3, -0.25) is 14.9 Å². The lowest BCUT2D eigenvalue weighted by Gasteiger charge is -2.05. The lowest BCUT2D eigenvalue weighted by atomic mass is 10.1. The first-order valence-electron chi connectivity index (χ1n) is 8.59. The summed E-state index contributed by atoms with van der Waals surface area (Å²) in [5.41, 5.74) is -0.0105. The van der Waals surface area contributed by atoms with Crippen LogP contribution in [0.15, 0.2) is 64.6 Å². The average molecular weight is 438 g/mol. The first-order valence-corrected chi connectivity index (χ1v) is 8.97. The summed E-state index contributed by atoms with van der Waals surface area (Å²) in [6.45, 7) is 0. The molecule has 3 rings (SSSR count). The minimum Gasteiger partial charge on any atom is -0.478 e. The van der Waals surface area contributed by atoms with Gasteiger partial charge in [-0.1, -0.05) is 17.7 Å². The van der Waals surface area contributed by atoms with E-state index in [2.05, 4.69) is 5.32 Å². The number of carboxylic acids is 1. The van der Waals surface area contributed by atoms with Crippen molar-refractivity contribution in [3.63, 3.8) is 0 Å². The van der Waals surface area contributed by atoms with E-state index < -0.39 is 16.8 Å². The average Bonchev–Trinajstić information content (AvgIpc) is 3.20. The SMILES string of the molecule is N#CC(=Cc1ccc(-c2cc([N+](=O)[O-])ccc2Cl)o1)C(=O)Nc1cccc(C(=O)O)c1. The highest BCUT2D eigenvalue weighted by Crippen LogP contribution is 2.33. The van der Waals surface area contributed by atoms with Gasteiger partial charge in [-0.05, 0) is 36.4 Å². The van der Waals surface area contributed by atoms with Crippen molar-refractivity contribution in [2.75, 3.05) is 5.32 Å². The maximum absolute atomic E-state index is 12.4. The number of nitro groups is 1. The number of carboxylic acid groups (broad SMARTS) is 1. The Morgan fingerprint density at radius 1 is 1.19 bits per heavy atom. The van der Waals surface area contributed by atoms with Crippen molar-refractivity contribution in [3.05, 3.63) is 86.6 Å². The molecule has 2 aromatic carbocycles. The molecule has 31 heavy (non-hydrogen) atoms. The van der Waals surface area contributed by atoms with E-state index in [1.54, 1.807) is 6.07 Å². The van der Waals surface area contributed by atoms with Crippen LogP contribution in [-0.2, 0) is 4.79 Å². The van der Waals surface area contributed by atoms with E-state index in [-0.39, 0.29) is 44.6 Å². The second-order valence-corrected chi connectivity index (χ2v) is 6.54. The van der Waals surface area contributed by atoms with E-state index in [9.17, 15) is 25.0 Å². The van der Waals surface area contributed by atoms with Gasteiger partial charge in [-0.2, -0.15) is 5.26 Å². The molecule has 0 aliphatic carbocycles. The van der Waals surface area contributed by atoms with Crippen LogP contribution in [0.1, 0.15) is 16.1 Å². The molecule has 9 nitrogen and oxygen atoms in total. The van der Waals surface area contributed by atoms with Crippen molar-refractivity contribution in [1.29, 1.82) is 5.26 Å². The highest BCUT2D eigenvalue weighted by molar-refractivity contribution is 6.33. The second kappa shape index (κ2) is 8.94. The highest BCUT2D eigenvalue weighted by atomic mass is 35.5. The number of hydrogen-bond acceptors (Lipinski definition) is 6. The topological polar surface area (TPSA) is 146 Å². The van der Waals surface area contributed by atoms with E-state index in [4.69, 9.17) is 21.1 Å². The minimum absolute atomic E-state index is 0.0233. The van der Waals surface area contributed by atoms with Gasteiger partial charge in [-0.15, -0.1) is 0 Å². The number of hydrogen-bond donors (Lipinski definition) is 2. The molecule has 154 valence electrons. The van der Waals surface area contributed by atoms with Crippen LogP contribution in [0.25, 0.3) is 17.4 Å². The molecule has 0 atom stereocenters. The number of nitriles is 1. The van der Waals surface area contributed by atoms with Crippen LogP contribution in [0.3, 0.4) is 0 Å². The van der Waals surface area contributed by atoms with Crippen molar-refractivity contribution in [1.82, 2.24) is 0 Å². The van der Waals surface area contributed by atoms with Crippen LogP contribution in [0, 0.1) is 21.4 Å². The number of anilines is 1. The van der Waals surface area contributed by atoms with Gasteiger partial charge in [0.05, 0.1) is 15.5 Å². The number of carbonyl (C=O) groups excluding carboxylic acids is 1. The predicted octanol–water partition coefficient (Wildman–Crippen LogP) is 4.75. The third-order valence-corrected chi connectivity index (χ3v) is 4.40. The van der Waals surface area contributed by atoms with E-state index in [0.717, 1.165) is 0 Å². The summed E-state index contributed by atoms with van der Waals surface area (Å²) < 4.78 is 5.58. The first-order chi connectivity index (χ1) is 14.8. The Bertz CT molecular complexity index is 1270. The summed E-state index contributed by atoms with van der Waals surface area (Å²) in [6, 6.07) is 14.2. The van der Waals surface area contributed by atoms with Crippen molar-refractivity contribution in [2.24, 2.45) is 0 Å². The fourth-order valence-corrected chi connectivity index (χ4v) is 2.82. The second-order valence-electron chi connectivity index (χ2n) is 6.13. The van der Waals surface area contributed by atoms with E-state index in [0.29, 0.717) is 0 Å². The highest BCUT2D eigenvalue weighted by Gasteiger charge is 2.16. The number of rotatable bonds is 6. The number of furan rings is 1. The van der Waals surface area contributed by atoms with Gasteiger partial charge in [-0.25, -0.2) is 4.79 Å². The molecule has 2 N–H and O–H groups in total. The van der Waals surface area contributed by atoms with Crippen LogP contribution >= 0.6 is 11.6 Å². The number of aromatic carboxylic acids is 1. The number of nitro benzene ring substituents is 1. The number of carbonyl (C=O) groups is 2. The van der Waals surface area contributed by atoms with E-state index >= 15 is 0 Å². The monoisotopic (exact) mass is 437 g/mol. The fraction of sp³-hybridized carbons (Fsp3) is 0. The Balaban J connectivity index is 1.85. The normalized spacial score (nSPS) is 10.9. The number of nitrogens with zero attached hydrogens (tertiary/aromatic N) is 2. The summed E-state index contributed by atoms with van der Waals surface area (Å²) >= 11 is 6.10. The molecular weight excluding hydrogens is 426 g/mol. The Kier molecular flexibility index (Phi) is 6.14. The number of benzene rings is 2. The summed E-state index contributed by atoms with van der Waals surface area (Å²) in [4.78, 5) is 33.8. The first kappa shape index (κ1) is 21.3. The van der Waals surface area contributed by atoms with Gasteiger partial charge in [0.15, 0.2) is 0 Å². The van der Waals surface area contributed by atoms with Crippen LogP contribution in [0.5, 0.6) is 0 Å². The molecule has 0 saturated heterocycles. The maximum atomic E-state index is 12.4. The molecule has 0 aliphatic heterocycles. The van der Waals surface area contributed by atoms with Crippen molar-refractivity contribution in [3.8, 4) is 17.4 Å². The van der Waals surface area contributed by atoms with Crippen LogP contribution in [-0.4, -0.2) is 21.9 Å². The van der Waals surface area contributed by atoms with Gasteiger partial charge >= 0.3 is 5.97 Å². The fourth-order valence-electron chi connectivity index (χ4n) is 2.61. The third-order valence-electron chi connectivity index (χ3n) is 4.07. The minimum atomic E-state index is -1.16. The van der Waals surface area contributed by atoms with Crippen molar-refractivity contribution in [2.45, 2.75) is 0 Å². The zero-order valence-electron chi connectivity index (χ0n) is 15.5. The van der Waals surface area contributed by atoms with Crippen LogP contribution in [0.2, 0.25) is 5.02 Å². The van der Waals surface area contributed by atoms with Crippen molar-refractivity contribution < 1.29 is 24.0 Å². The number of halogens is 1. The molecule has 0 spiro atoms. The molecule has 0 saturated carbocycles. The zero-order chi connectivity index (χ0) is 22.5. The largest absolute Gasteiger partial charge is 0.478 e. The lowest BCUT2D eigenvalue weighted by molar-refractivity contribution is -0.384. The van der Waals surface area contributed by atoms with E-state index in [1.165, 1.54) is 60.7 Å². The standard InChI is InChI=1S/C21H12ClN3O6/c22-18-6-4-15(25(29)30)10-17(18)19-7-5-16(31-19)9-13(11-23)20(26)24-14-3-1-2-12(8-14)21(27)28/h1-10H,(H,24,26)(H,27,28). The molecule has 1 amide bonds. The Labute approximate surface area is 179 Å². The molecule has 0 radical (unpaired) electrons. The van der Waals surface area contributed by atoms with Crippen molar-refractivity contribution >= 4 is 40.9 Å². The zero-order valence-corrected chi connectivity index (χ0v) is 16.3. The third kappa shape index (κ3) is 4.95. The van der Waals surface area contributed by atoms with Gasteiger partial charge in [0.2, 0.25) is 0 Å². The van der Waals surface area contributed by atoms with Gasteiger partial charge < -0.3 is 14.8 Å². The summed E-state index contributed by atoms with van der Waals surface area (Å²) in [5.74, 6) is -1.57. The summed E-state index contributed by atoms with van der Waals surface area (Å²) in [7, 11) is 0. The molecule has 1 heterocycles.